The number of Topliss-reactive ketones (excluding diaryl/α,β-unsaturated/α-hetero) is 1. The van der Waals surface area contributed by atoms with Crippen molar-refractivity contribution in [2.45, 2.75) is 19.4 Å². The number of rotatable bonds is 5. The predicted octanol–water partition coefficient (Wildman–Crippen LogP) is 0.935. The Hall–Kier alpha value is -2.47. The third-order valence-corrected chi connectivity index (χ3v) is 3.44. The number of carbonyl (C=O) groups excluding carboxylic acids is 2. The lowest BCUT2D eigenvalue weighted by molar-refractivity contribution is -0.118. The molecule has 0 radical (unpaired) electrons. The topological polar surface area (TPSA) is 84.2 Å². The van der Waals surface area contributed by atoms with Crippen LogP contribution in [0, 0.1) is 6.92 Å². The molecule has 1 heterocycles. The fourth-order valence-electron chi connectivity index (χ4n) is 1.97. The Morgan fingerprint density at radius 1 is 1.32 bits per heavy atom. The van der Waals surface area contributed by atoms with Crippen molar-refractivity contribution in [1.29, 1.82) is 0 Å². The van der Waals surface area contributed by atoms with Gasteiger partial charge in [0.1, 0.15) is 5.60 Å². The van der Waals surface area contributed by atoms with Gasteiger partial charge in [0, 0.05) is 24.4 Å². The highest BCUT2D eigenvalue weighted by molar-refractivity contribution is 6.42. The van der Waals surface area contributed by atoms with E-state index in [9.17, 15) is 14.7 Å². The summed E-state index contributed by atoms with van der Waals surface area (Å²) in [5.74, 6) is -1.37. The molecular formula is C16H19N3O3. The van der Waals surface area contributed by atoms with Crippen molar-refractivity contribution >= 4 is 11.7 Å². The Kier molecular flexibility index (Phi) is 4.42. The summed E-state index contributed by atoms with van der Waals surface area (Å²) in [4.78, 5) is 23.9. The second kappa shape index (κ2) is 6.11. The van der Waals surface area contributed by atoms with Crippen LogP contribution in [0.25, 0.3) is 0 Å². The lowest BCUT2D eigenvalue weighted by Crippen LogP contribution is -2.41. The smallest absolute Gasteiger partial charge is 0.292 e. The van der Waals surface area contributed by atoms with Crippen LogP contribution in [0.3, 0.4) is 0 Å². The average Bonchev–Trinajstić information content (AvgIpc) is 2.92. The maximum Gasteiger partial charge on any atom is 0.292 e. The first-order valence-electron chi connectivity index (χ1n) is 6.90. The Bertz CT molecular complexity index is 687. The highest BCUT2D eigenvalue weighted by Gasteiger charge is 2.27. The number of benzene rings is 1. The lowest BCUT2D eigenvalue weighted by atomic mass is 9.99. The maximum absolute atomic E-state index is 12.0. The van der Waals surface area contributed by atoms with Crippen molar-refractivity contribution < 1.29 is 14.7 Å². The van der Waals surface area contributed by atoms with Gasteiger partial charge < -0.3 is 10.4 Å². The van der Waals surface area contributed by atoms with Crippen molar-refractivity contribution in [3.05, 3.63) is 53.3 Å². The molecule has 0 aliphatic rings. The number of amides is 1. The van der Waals surface area contributed by atoms with Gasteiger partial charge in [0.05, 0.1) is 12.7 Å². The monoisotopic (exact) mass is 301 g/mol. The molecular weight excluding hydrogens is 282 g/mol. The zero-order valence-corrected chi connectivity index (χ0v) is 12.8. The molecule has 6 heteroatoms. The summed E-state index contributed by atoms with van der Waals surface area (Å²) in [5, 5.41) is 16.8. The summed E-state index contributed by atoms with van der Waals surface area (Å²) < 4.78 is 1.56. The molecule has 2 N–H and O–H groups in total. The van der Waals surface area contributed by atoms with E-state index in [2.05, 4.69) is 10.4 Å². The number of carbonyl (C=O) groups is 2. The maximum atomic E-state index is 12.0. The number of hydrogen-bond acceptors (Lipinski definition) is 4. The standard InChI is InChI=1S/C16H19N3O3/c1-11-4-6-12(7-5-11)14(20)15(21)17-10-16(2,22)13-8-18-19(3)9-13/h4-9,22H,10H2,1-3H3,(H,17,21). The number of aliphatic hydroxyl groups is 1. The Morgan fingerprint density at radius 2 is 1.95 bits per heavy atom. The summed E-state index contributed by atoms with van der Waals surface area (Å²) in [6, 6.07) is 6.76. The molecule has 0 bridgehead atoms. The number of aromatic nitrogens is 2. The Labute approximate surface area is 128 Å². The fraction of sp³-hybridized carbons (Fsp3) is 0.312. The number of aryl methyl sites for hydroxylation is 2. The van der Waals surface area contributed by atoms with E-state index in [0.717, 1.165) is 5.56 Å². The Morgan fingerprint density at radius 3 is 2.50 bits per heavy atom. The van der Waals surface area contributed by atoms with Gasteiger partial charge in [-0.05, 0) is 13.8 Å². The zero-order valence-electron chi connectivity index (χ0n) is 12.8. The van der Waals surface area contributed by atoms with E-state index < -0.39 is 17.3 Å². The SMILES string of the molecule is Cc1ccc(C(=O)C(=O)NCC(C)(O)c2cnn(C)c2)cc1. The van der Waals surface area contributed by atoms with Crippen LogP contribution in [-0.2, 0) is 17.4 Å². The molecule has 0 spiro atoms. The molecule has 2 rings (SSSR count). The van der Waals surface area contributed by atoms with E-state index in [0.29, 0.717) is 11.1 Å². The lowest BCUT2D eigenvalue weighted by Gasteiger charge is -2.22. The van der Waals surface area contributed by atoms with Gasteiger partial charge in [-0.2, -0.15) is 5.10 Å². The molecule has 2 aromatic rings. The van der Waals surface area contributed by atoms with E-state index in [1.54, 1.807) is 49.1 Å². The van der Waals surface area contributed by atoms with Crippen LogP contribution in [-0.4, -0.2) is 33.1 Å². The molecule has 6 nitrogen and oxygen atoms in total. The number of nitrogens with one attached hydrogen (secondary N) is 1. The molecule has 0 fully saturated rings. The Balaban J connectivity index is 2.00. The van der Waals surface area contributed by atoms with Gasteiger partial charge in [0.25, 0.3) is 5.91 Å². The molecule has 116 valence electrons. The van der Waals surface area contributed by atoms with Crippen molar-refractivity contribution in [2.75, 3.05) is 6.54 Å². The predicted molar refractivity (Wildman–Crippen MR) is 81.3 cm³/mol. The normalized spacial score (nSPS) is 13.5. The number of hydrogen-bond donors (Lipinski definition) is 2. The molecule has 0 aliphatic carbocycles. The largest absolute Gasteiger partial charge is 0.383 e. The van der Waals surface area contributed by atoms with Gasteiger partial charge >= 0.3 is 0 Å². The minimum absolute atomic E-state index is 0.0743. The van der Waals surface area contributed by atoms with Crippen LogP contribution in [0.1, 0.15) is 28.4 Å². The fourth-order valence-corrected chi connectivity index (χ4v) is 1.97. The van der Waals surface area contributed by atoms with E-state index in [1.807, 2.05) is 6.92 Å². The highest BCUT2D eigenvalue weighted by atomic mass is 16.3. The molecule has 1 aromatic heterocycles. The first-order valence-corrected chi connectivity index (χ1v) is 6.90. The van der Waals surface area contributed by atoms with E-state index in [-0.39, 0.29) is 6.54 Å². The van der Waals surface area contributed by atoms with Gasteiger partial charge in [-0.1, -0.05) is 29.8 Å². The molecule has 22 heavy (non-hydrogen) atoms. The summed E-state index contributed by atoms with van der Waals surface area (Å²) in [6.07, 6.45) is 3.18. The summed E-state index contributed by atoms with van der Waals surface area (Å²) in [5.41, 5.74) is 0.607. The molecule has 1 atom stereocenters. The number of nitrogens with zero attached hydrogens (tertiary/aromatic N) is 2. The van der Waals surface area contributed by atoms with Crippen LogP contribution in [0.5, 0.6) is 0 Å². The second-order valence-corrected chi connectivity index (χ2v) is 5.55. The van der Waals surface area contributed by atoms with Crippen LogP contribution < -0.4 is 5.32 Å². The zero-order chi connectivity index (χ0) is 16.3. The van der Waals surface area contributed by atoms with Gasteiger partial charge in [0.15, 0.2) is 0 Å². The molecule has 1 unspecified atom stereocenters. The van der Waals surface area contributed by atoms with Gasteiger partial charge in [-0.25, -0.2) is 0 Å². The van der Waals surface area contributed by atoms with Gasteiger partial charge in [-0.15, -0.1) is 0 Å². The van der Waals surface area contributed by atoms with E-state index in [4.69, 9.17) is 0 Å². The average molecular weight is 301 g/mol. The third kappa shape index (κ3) is 3.59. The molecule has 1 amide bonds. The van der Waals surface area contributed by atoms with Crippen molar-refractivity contribution in [3.63, 3.8) is 0 Å². The third-order valence-electron chi connectivity index (χ3n) is 3.44. The first kappa shape index (κ1) is 15.9. The van der Waals surface area contributed by atoms with Crippen molar-refractivity contribution in [1.82, 2.24) is 15.1 Å². The van der Waals surface area contributed by atoms with E-state index in [1.165, 1.54) is 6.20 Å². The highest BCUT2D eigenvalue weighted by Crippen LogP contribution is 2.18. The summed E-state index contributed by atoms with van der Waals surface area (Å²) in [6.45, 7) is 3.38. The number of ketones is 1. The van der Waals surface area contributed by atoms with Crippen LogP contribution in [0.2, 0.25) is 0 Å². The van der Waals surface area contributed by atoms with Crippen LogP contribution in [0.4, 0.5) is 0 Å². The van der Waals surface area contributed by atoms with E-state index >= 15 is 0 Å². The van der Waals surface area contributed by atoms with Crippen molar-refractivity contribution in [2.24, 2.45) is 7.05 Å². The molecule has 0 saturated heterocycles. The van der Waals surface area contributed by atoms with Crippen molar-refractivity contribution in [3.8, 4) is 0 Å². The summed E-state index contributed by atoms with van der Waals surface area (Å²) in [7, 11) is 1.74. The van der Waals surface area contributed by atoms with Gasteiger partial charge in [0.2, 0.25) is 5.78 Å². The molecule has 0 aliphatic heterocycles. The van der Waals surface area contributed by atoms with Crippen LogP contribution in [0.15, 0.2) is 36.7 Å². The molecule has 1 aromatic carbocycles. The van der Waals surface area contributed by atoms with Gasteiger partial charge in [-0.3, -0.25) is 14.3 Å². The summed E-state index contributed by atoms with van der Waals surface area (Å²) >= 11 is 0. The minimum atomic E-state index is -1.29. The van der Waals surface area contributed by atoms with Crippen LogP contribution >= 0.6 is 0 Å². The second-order valence-electron chi connectivity index (χ2n) is 5.55. The quantitative estimate of drug-likeness (QED) is 0.636. The minimum Gasteiger partial charge on any atom is -0.383 e. The molecule has 0 saturated carbocycles. The first-order chi connectivity index (χ1) is 10.3.